The zero-order valence-corrected chi connectivity index (χ0v) is 14.9. The van der Waals surface area contributed by atoms with E-state index in [1.165, 1.54) is 57.8 Å². The van der Waals surface area contributed by atoms with Crippen LogP contribution in [0.2, 0.25) is 0 Å². The predicted octanol–water partition coefficient (Wildman–Crippen LogP) is 4.42. The lowest BCUT2D eigenvalue weighted by Crippen LogP contribution is -2.61. The molecule has 0 amide bonds. The first-order valence-corrected chi connectivity index (χ1v) is 9.97. The highest BCUT2D eigenvalue weighted by Crippen LogP contribution is 2.44. The number of piperidine rings is 1. The molecule has 1 aromatic carbocycles. The Labute approximate surface area is 149 Å². The lowest BCUT2D eigenvalue weighted by molar-refractivity contribution is -0.384. The summed E-state index contributed by atoms with van der Waals surface area (Å²) in [5.74, 6) is 1.72. The zero-order valence-electron chi connectivity index (χ0n) is 14.9. The number of nitro groups is 1. The average molecular weight is 343 g/mol. The predicted molar refractivity (Wildman–Crippen MR) is 97.9 cm³/mol. The van der Waals surface area contributed by atoms with E-state index in [0.717, 1.165) is 23.9 Å². The molecule has 0 radical (unpaired) electrons. The number of rotatable bonds is 4. The molecule has 5 nitrogen and oxygen atoms in total. The van der Waals surface area contributed by atoms with Crippen molar-refractivity contribution in [3.8, 4) is 0 Å². The van der Waals surface area contributed by atoms with Crippen LogP contribution in [0.25, 0.3) is 0 Å². The van der Waals surface area contributed by atoms with Crippen LogP contribution in [0.5, 0.6) is 0 Å². The third-order valence-electron chi connectivity index (χ3n) is 6.67. The Morgan fingerprint density at radius 3 is 2.08 bits per heavy atom. The van der Waals surface area contributed by atoms with Crippen molar-refractivity contribution in [3.63, 3.8) is 0 Å². The molecule has 1 aliphatic heterocycles. The van der Waals surface area contributed by atoms with Crippen molar-refractivity contribution in [2.75, 3.05) is 0 Å². The van der Waals surface area contributed by atoms with Crippen molar-refractivity contribution >= 4 is 5.69 Å². The second-order valence-corrected chi connectivity index (χ2v) is 8.13. The second kappa shape index (κ2) is 7.42. The summed E-state index contributed by atoms with van der Waals surface area (Å²) < 4.78 is 0. The van der Waals surface area contributed by atoms with Gasteiger partial charge in [-0.3, -0.25) is 15.5 Å². The largest absolute Gasteiger partial charge is 0.269 e. The third kappa shape index (κ3) is 3.58. The molecule has 2 aliphatic carbocycles. The molecule has 1 saturated heterocycles. The molecule has 0 aromatic heterocycles. The number of nitrogens with one attached hydrogen (secondary N) is 1. The van der Waals surface area contributed by atoms with Gasteiger partial charge in [0.05, 0.1) is 4.92 Å². The third-order valence-corrected chi connectivity index (χ3v) is 6.67. The van der Waals surface area contributed by atoms with E-state index >= 15 is 0 Å². The van der Waals surface area contributed by atoms with E-state index in [1.54, 1.807) is 12.1 Å². The lowest BCUT2D eigenvalue weighted by Gasteiger charge is -2.53. The fraction of sp³-hybridized carbons (Fsp3) is 0.700. The molecule has 0 bridgehead atoms. The van der Waals surface area contributed by atoms with Crippen LogP contribution in [0.1, 0.15) is 63.4 Å². The summed E-state index contributed by atoms with van der Waals surface area (Å²) in [7, 11) is 0. The number of hydrogen-bond acceptors (Lipinski definition) is 4. The lowest BCUT2D eigenvalue weighted by atomic mass is 9.69. The zero-order chi connectivity index (χ0) is 17.2. The van der Waals surface area contributed by atoms with Crippen molar-refractivity contribution in [1.29, 1.82) is 0 Å². The van der Waals surface area contributed by atoms with Gasteiger partial charge < -0.3 is 0 Å². The van der Waals surface area contributed by atoms with Gasteiger partial charge in [0.25, 0.3) is 5.69 Å². The fourth-order valence-corrected chi connectivity index (χ4v) is 5.45. The number of hydrazine groups is 1. The summed E-state index contributed by atoms with van der Waals surface area (Å²) in [5, 5.41) is 13.4. The first-order valence-electron chi connectivity index (χ1n) is 9.97. The summed E-state index contributed by atoms with van der Waals surface area (Å²) in [5.41, 5.74) is 5.04. The van der Waals surface area contributed by atoms with Crippen LogP contribution in [0.4, 0.5) is 5.69 Å². The SMILES string of the molecule is O=[N+]([O-])c1ccc(CNN2C3CCCCC3CC3CCCCC32)cc1. The van der Waals surface area contributed by atoms with Crippen LogP contribution in [-0.2, 0) is 6.54 Å². The smallest absolute Gasteiger partial charge is 0.258 e. The van der Waals surface area contributed by atoms with Gasteiger partial charge in [-0.15, -0.1) is 0 Å². The van der Waals surface area contributed by atoms with Gasteiger partial charge in [0.2, 0.25) is 0 Å². The van der Waals surface area contributed by atoms with Gasteiger partial charge in [-0.25, -0.2) is 5.01 Å². The molecule has 3 fully saturated rings. The van der Waals surface area contributed by atoms with E-state index in [-0.39, 0.29) is 10.6 Å². The monoisotopic (exact) mass is 343 g/mol. The summed E-state index contributed by atoms with van der Waals surface area (Å²) in [6.07, 6.45) is 12.4. The van der Waals surface area contributed by atoms with Crippen molar-refractivity contribution < 1.29 is 4.92 Å². The van der Waals surface area contributed by atoms with E-state index in [0.29, 0.717) is 12.1 Å². The molecule has 5 heteroatoms. The molecule has 4 rings (SSSR count). The normalized spacial score (nSPS) is 32.6. The fourth-order valence-electron chi connectivity index (χ4n) is 5.45. The number of benzene rings is 1. The van der Waals surface area contributed by atoms with Gasteiger partial charge in [0.15, 0.2) is 0 Å². The van der Waals surface area contributed by atoms with Gasteiger partial charge in [0.1, 0.15) is 0 Å². The van der Waals surface area contributed by atoms with E-state index < -0.39 is 0 Å². The first-order chi connectivity index (χ1) is 12.2. The Kier molecular flexibility index (Phi) is 5.04. The minimum atomic E-state index is -0.332. The number of nitrogens with zero attached hydrogens (tertiary/aromatic N) is 2. The van der Waals surface area contributed by atoms with Gasteiger partial charge in [-0.05, 0) is 49.5 Å². The summed E-state index contributed by atoms with van der Waals surface area (Å²) in [4.78, 5) is 10.5. The van der Waals surface area contributed by atoms with E-state index in [9.17, 15) is 10.1 Å². The van der Waals surface area contributed by atoms with Crippen LogP contribution in [-0.4, -0.2) is 22.0 Å². The average Bonchev–Trinajstić information content (AvgIpc) is 2.65. The Balaban J connectivity index is 1.46. The molecule has 4 atom stereocenters. The molecule has 0 spiro atoms. The molecule has 1 N–H and O–H groups in total. The van der Waals surface area contributed by atoms with Crippen molar-refractivity contribution in [2.24, 2.45) is 11.8 Å². The van der Waals surface area contributed by atoms with E-state index in [4.69, 9.17) is 0 Å². The standard InChI is InChI=1S/C20H29N3O2/c24-23(25)18-11-9-15(10-12-18)14-21-22-19-7-3-1-5-16(19)13-17-6-2-4-8-20(17)22/h9-12,16-17,19-21H,1-8,13-14H2. The number of non-ortho nitro benzene ring substituents is 1. The highest BCUT2D eigenvalue weighted by molar-refractivity contribution is 5.32. The van der Waals surface area contributed by atoms with Crippen LogP contribution < -0.4 is 5.43 Å². The van der Waals surface area contributed by atoms with Gasteiger partial charge in [0, 0.05) is 30.8 Å². The van der Waals surface area contributed by atoms with Gasteiger partial charge in [-0.2, -0.15) is 0 Å². The molecular formula is C20H29N3O2. The Hall–Kier alpha value is -1.46. The number of hydrogen-bond donors (Lipinski definition) is 1. The van der Waals surface area contributed by atoms with E-state index in [1.807, 2.05) is 12.1 Å². The van der Waals surface area contributed by atoms with E-state index in [2.05, 4.69) is 10.4 Å². The van der Waals surface area contributed by atoms with Gasteiger partial charge >= 0.3 is 0 Å². The Morgan fingerprint density at radius 2 is 1.52 bits per heavy atom. The molecule has 3 aliphatic rings. The maximum Gasteiger partial charge on any atom is 0.269 e. The summed E-state index contributed by atoms with van der Waals surface area (Å²) in [6, 6.07) is 8.36. The summed E-state index contributed by atoms with van der Waals surface area (Å²) >= 11 is 0. The number of fused-ring (bicyclic) bond motifs is 2. The summed E-state index contributed by atoms with van der Waals surface area (Å²) in [6.45, 7) is 0.768. The highest BCUT2D eigenvalue weighted by atomic mass is 16.6. The van der Waals surface area contributed by atoms with Crippen molar-refractivity contribution in [1.82, 2.24) is 10.4 Å². The molecular weight excluding hydrogens is 314 g/mol. The van der Waals surface area contributed by atoms with Crippen molar-refractivity contribution in [3.05, 3.63) is 39.9 Å². The molecule has 136 valence electrons. The van der Waals surface area contributed by atoms with Gasteiger partial charge in [-0.1, -0.05) is 37.8 Å². The van der Waals surface area contributed by atoms with Crippen LogP contribution in [0.3, 0.4) is 0 Å². The minimum absolute atomic E-state index is 0.168. The second-order valence-electron chi connectivity index (χ2n) is 8.13. The van der Waals surface area contributed by atoms with Crippen LogP contribution in [0.15, 0.2) is 24.3 Å². The Bertz CT molecular complexity index is 581. The molecule has 1 heterocycles. The molecule has 25 heavy (non-hydrogen) atoms. The maximum atomic E-state index is 10.8. The van der Waals surface area contributed by atoms with Crippen LogP contribution >= 0.6 is 0 Å². The highest BCUT2D eigenvalue weighted by Gasteiger charge is 2.44. The molecule has 2 saturated carbocycles. The van der Waals surface area contributed by atoms with Crippen molar-refractivity contribution in [2.45, 2.75) is 76.4 Å². The quantitative estimate of drug-likeness (QED) is 0.649. The molecule has 1 aromatic rings. The Morgan fingerprint density at radius 1 is 0.960 bits per heavy atom. The minimum Gasteiger partial charge on any atom is -0.258 e. The first kappa shape index (κ1) is 17.0. The van der Waals surface area contributed by atoms with Crippen LogP contribution in [0, 0.1) is 22.0 Å². The topological polar surface area (TPSA) is 58.4 Å². The molecule has 4 unspecified atom stereocenters. The number of nitro benzene ring substituents is 1. The maximum absolute atomic E-state index is 10.8.